The molecule has 0 saturated heterocycles. The van der Waals surface area contributed by atoms with Crippen molar-refractivity contribution in [1.29, 1.82) is 0 Å². The summed E-state index contributed by atoms with van der Waals surface area (Å²) in [4.78, 5) is 11.1. The molecular weight excluding hydrogens is 184 g/mol. The maximum Gasteiger partial charge on any atom is 0.309 e. The van der Waals surface area contributed by atoms with E-state index in [1.54, 1.807) is 0 Å². The van der Waals surface area contributed by atoms with Crippen molar-refractivity contribution in [3.05, 3.63) is 0 Å². The summed E-state index contributed by atoms with van der Waals surface area (Å²) in [6, 6.07) is 0. The highest BCUT2D eigenvalue weighted by atomic mass is 32.2. The van der Waals surface area contributed by atoms with E-state index in [0.717, 1.165) is 30.8 Å². The van der Waals surface area contributed by atoms with Crippen molar-refractivity contribution in [3.8, 4) is 0 Å². The lowest BCUT2D eigenvalue weighted by Gasteiger charge is -2.26. The molecule has 0 amide bonds. The van der Waals surface area contributed by atoms with Crippen molar-refractivity contribution in [3.63, 3.8) is 0 Å². The zero-order valence-electron chi connectivity index (χ0n) is 8.80. The van der Waals surface area contributed by atoms with Crippen LogP contribution in [0, 0.1) is 5.41 Å². The minimum atomic E-state index is -0.630. The van der Waals surface area contributed by atoms with Crippen molar-refractivity contribution in [2.45, 2.75) is 40.0 Å². The predicted octanol–water partition coefficient (Wildman–Crippen LogP) is 3.02. The highest BCUT2D eigenvalue weighted by Gasteiger charge is 2.33. The number of carboxylic acid groups (broad SMARTS) is 1. The Morgan fingerprint density at radius 3 is 2.15 bits per heavy atom. The zero-order valence-corrected chi connectivity index (χ0v) is 9.62. The van der Waals surface area contributed by atoms with E-state index in [-0.39, 0.29) is 0 Å². The van der Waals surface area contributed by atoms with Gasteiger partial charge in [-0.1, -0.05) is 20.8 Å². The molecule has 0 saturated carbocycles. The molecule has 0 atom stereocenters. The van der Waals surface area contributed by atoms with E-state index in [1.165, 1.54) is 0 Å². The molecule has 0 heterocycles. The summed E-state index contributed by atoms with van der Waals surface area (Å²) in [6.07, 6.45) is 2.28. The SMILES string of the molecule is CCSCCC(CC)(CC)C(=O)O. The standard InChI is InChI=1S/C10H20O2S/c1-4-10(5-2,9(11)12)7-8-13-6-3/h4-8H2,1-3H3,(H,11,12). The molecule has 0 rings (SSSR count). The Labute approximate surface area is 85.1 Å². The molecule has 78 valence electrons. The first-order valence-corrected chi connectivity index (χ1v) is 6.09. The van der Waals surface area contributed by atoms with Gasteiger partial charge in [-0.2, -0.15) is 11.8 Å². The minimum Gasteiger partial charge on any atom is -0.481 e. The van der Waals surface area contributed by atoms with Gasteiger partial charge in [-0.3, -0.25) is 4.79 Å². The number of thioether (sulfide) groups is 1. The van der Waals surface area contributed by atoms with Crippen molar-refractivity contribution < 1.29 is 9.90 Å². The maximum absolute atomic E-state index is 11.1. The average Bonchev–Trinajstić information content (AvgIpc) is 2.13. The molecule has 13 heavy (non-hydrogen) atoms. The minimum absolute atomic E-state index is 0.470. The van der Waals surface area contributed by atoms with Gasteiger partial charge in [0.2, 0.25) is 0 Å². The van der Waals surface area contributed by atoms with Crippen LogP contribution in [0.25, 0.3) is 0 Å². The summed E-state index contributed by atoms with van der Waals surface area (Å²) in [5.74, 6) is 1.40. The molecule has 0 aromatic heterocycles. The van der Waals surface area contributed by atoms with Crippen LogP contribution in [0.15, 0.2) is 0 Å². The Morgan fingerprint density at radius 1 is 1.31 bits per heavy atom. The van der Waals surface area contributed by atoms with E-state index >= 15 is 0 Å². The molecule has 0 aromatic carbocycles. The third kappa shape index (κ3) is 3.59. The fourth-order valence-corrected chi connectivity index (χ4v) is 2.25. The highest BCUT2D eigenvalue weighted by Crippen LogP contribution is 2.32. The lowest BCUT2D eigenvalue weighted by molar-refractivity contribution is -0.149. The van der Waals surface area contributed by atoms with E-state index < -0.39 is 11.4 Å². The summed E-state index contributed by atoms with van der Waals surface area (Å²) >= 11 is 1.82. The van der Waals surface area contributed by atoms with Crippen LogP contribution in [0.1, 0.15) is 40.0 Å². The van der Waals surface area contributed by atoms with Gasteiger partial charge in [-0.15, -0.1) is 0 Å². The molecule has 0 spiro atoms. The first-order valence-electron chi connectivity index (χ1n) is 4.94. The molecule has 0 aliphatic heterocycles. The first kappa shape index (κ1) is 12.8. The van der Waals surface area contributed by atoms with Crippen LogP contribution in [0.2, 0.25) is 0 Å². The molecule has 0 aliphatic carbocycles. The van der Waals surface area contributed by atoms with Gasteiger partial charge in [0, 0.05) is 0 Å². The Kier molecular flexibility index (Phi) is 6.21. The normalized spacial score (nSPS) is 11.6. The van der Waals surface area contributed by atoms with Gasteiger partial charge < -0.3 is 5.11 Å². The topological polar surface area (TPSA) is 37.3 Å². The molecule has 0 aromatic rings. The molecule has 0 unspecified atom stereocenters. The van der Waals surface area contributed by atoms with E-state index in [9.17, 15) is 4.79 Å². The van der Waals surface area contributed by atoms with Gasteiger partial charge in [-0.05, 0) is 30.8 Å². The molecule has 1 N–H and O–H groups in total. The lowest BCUT2D eigenvalue weighted by Crippen LogP contribution is -2.30. The van der Waals surface area contributed by atoms with Crippen LogP contribution >= 0.6 is 11.8 Å². The fourth-order valence-electron chi connectivity index (χ4n) is 1.42. The first-order chi connectivity index (χ1) is 6.13. The van der Waals surface area contributed by atoms with Gasteiger partial charge in [0.1, 0.15) is 0 Å². The number of carboxylic acids is 1. The number of rotatable bonds is 7. The lowest BCUT2D eigenvalue weighted by atomic mass is 9.80. The van der Waals surface area contributed by atoms with Gasteiger partial charge in [-0.25, -0.2) is 0 Å². The van der Waals surface area contributed by atoms with Crippen LogP contribution in [-0.4, -0.2) is 22.6 Å². The zero-order chi connectivity index (χ0) is 10.3. The van der Waals surface area contributed by atoms with Gasteiger partial charge in [0.05, 0.1) is 5.41 Å². The Hall–Kier alpha value is -0.180. The third-order valence-corrected chi connectivity index (χ3v) is 3.64. The van der Waals surface area contributed by atoms with Crippen LogP contribution < -0.4 is 0 Å². The Morgan fingerprint density at radius 2 is 1.85 bits per heavy atom. The number of carbonyl (C=O) groups is 1. The van der Waals surface area contributed by atoms with Crippen molar-refractivity contribution in [1.82, 2.24) is 0 Å². The molecule has 2 nitrogen and oxygen atoms in total. The van der Waals surface area contributed by atoms with E-state index in [0.29, 0.717) is 0 Å². The van der Waals surface area contributed by atoms with Crippen LogP contribution in [-0.2, 0) is 4.79 Å². The van der Waals surface area contributed by atoms with Crippen molar-refractivity contribution in [2.24, 2.45) is 5.41 Å². The van der Waals surface area contributed by atoms with Crippen molar-refractivity contribution in [2.75, 3.05) is 11.5 Å². The van der Waals surface area contributed by atoms with E-state index in [2.05, 4.69) is 6.92 Å². The van der Waals surface area contributed by atoms with Gasteiger partial charge in [0.15, 0.2) is 0 Å². The number of aliphatic carboxylic acids is 1. The maximum atomic E-state index is 11.1. The van der Waals surface area contributed by atoms with Crippen molar-refractivity contribution >= 4 is 17.7 Å². The summed E-state index contributed by atoms with van der Waals surface area (Å²) in [7, 11) is 0. The summed E-state index contributed by atoms with van der Waals surface area (Å²) < 4.78 is 0. The largest absolute Gasteiger partial charge is 0.481 e. The predicted molar refractivity (Wildman–Crippen MR) is 58.3 cm³/mol. The number of hydrogen-bond donors (Lipinski definition) is 1. The Balaban J connectivity index is 4.14. The summed E-state index contributed by atoms with van der Waals surface area (Å²) in [5, 5.41) is 9.11. The molecule has 3 heteroatoms. The second-order valence-electron chi connectivity index (χ2n) is 3.24. The second kappa shape index (κ2) is 6.30. The van der Waals surface area contributed by atoms with E-state index in [4.69, 9.17) is 5.11 Å². The summed E-state index contributed by atoms with van der Waals surface area (Å²) in [5.41, 5.74) is -0.470. The highest BCUT2D eigenvalue weighted by molar-refractivity contribution is 7.99. The van der Waals surface area contributed by atoms with Crippen LogP contribution in [0.5, 0.6) is 0 Å². The molecule has 0 radical (unpaired) electrons. The summed E-state index contributed by atoms with van der Waals surface area (Å²) in [6.45, 7) is 6.04. The smallest absolute Gasteiger partial charge is 0.309 e. The average molecular weight is 204 g/mol. The Bertz CT molecular complexity index is 153. The second-order valence-corrected chi connectivity index (χ2v) is 4.63. The van der Waals surface area contributed by atoms with E-state index in [1.807, 2.05) is 25.6 Å². The fraction of sp³-hybridized carbons (Fsp3) is 0.900. The molecule has 0 bridgehead atoms. The third-order valence-electron chi connectivity index (χ3n) is 2.74. The van der Waals surface area contributed by atoms with Gasteiger partial charge in [0.25, 0.3) is 0 Å². The monoisotopic (exact) mass is 204 g/mol. The van der Waals surface area contributed by atoms with Crippen LogP contribution in [0.4, 0.5) is 0 Å². The van der Waals surface area contributed by atoms with Gasteiger partial charge >= 0.3 is 5.97 Å². The molecule has 0 aliphatic rings. The quantitative estimate of drug-likeness (QED) is 0.648. The molecule has 0 fully saturated rings. The number of hydrogen-bond acceptors (Lipinski definition) is 2. The molecular formula is C10H20O2S. The van der Waals surface area contributed by atoms with Crippen LogP contribution in [0.3, 0.4) is 0 Å².